The molecule has 5 heteroatoms. The number of hydrogen-bond acceptors (Lipinski definition) is 2. The van der Waals surface area contributed by atoms with E-state index >= 15 is 0 Å². The summed E-state index contributed by atoms with van der Waals surface area (Å²) in [5.41, 5.74) is 0.210. The second-order valence-corrected chi connectivity index (χ2v) is 5.57. The van der Waals surface area contributed by atoms with Crippen LogP contribution in [0.2, 0.25) is 0 Å². The smallest absolute Gasteiger partial charge is 0.161 e. The molecule has 0 atom stereocenters. The Hall–Kier alpha value is -1.07. The van der Waals surface area contributed by atoms with Crippen LogP contribution in [0.1, 0.15) is 31.2 Å². The van der Waals surface area contributed by atoms with Crippen LogP contribution < -0.4 is 5.32 Å². The van der Waals surface area contributed by atoms with Gasteiger partial charge in [-0.2, -0.15) is 0 Å². The van der Waals surface area contributed by atoms with Crippen molar-refractivity contribution in [3.8, 4) is 0 Å². The van der Waals surface area contributed by atoms with E-state index in [1.54, 1.807) is 0 Å². The van der Waals surface area contributed by atoms with Crippen molar-refractivity contribution in [1.82, 2.24) is 10.2 Å². The Morgan fingerprint density at radius 3 is 2.25 bits per heavy atom. The molecule has 1 aliphatic rings. The van der Waals surface area contributed by atoms with E-state index in [9.17, 15) is 13.2 Å². The van der Waals surface area contributed by atoms with Gasteiger partial charge in [0.25, 0.3) is 0 Å². The fourth-order valence-corrected chi connectivity index (χ4v) is 2.89. The molecule has 1 N–H and O–H groups in total. The molecule has 0 spiro atoms. The van der Waals surface area contributed by atoms with E-state index in [4.69, 9.17) is 0 Å². The van der Waals surface area contributed by atoms with Crippen LogP contribution in [0.15, 0.2) is 12.1 Å². The van der Waals surface area contributed by atoms with Crippen molar-refractivity contribution in [2.45, 2.75) is 44.3 Å². The molecule has 1 aromatic rings. The predicted molar refractivity (Wildman–Crippen MR) is 72.9 cm³/mol. The third-order valence-corrected chi connectivity index (χ3v) is 4.24. The molecule has 1 aliphatic carbocycles. The quantitative estimate of drug-likeness (QED) is 0.856. The summed E-state index contributed by atoms with van der Waals surface area (Å²) in [5.74, 6) is -2.81. The summed E-state index contributed by atoms with van der Waals surface area (Å²) in [6.45, 7) is 0.303. The summed E-state index contributed by atoms with van der Waals surface area (Å²) in [4.78, 5) is 2.03. The molecule has 0 radical (unpaired) electrons. The predicted octanol–water partition coefficient (Wildman–Crippen LogP) is 3.07. The van der Waals surface area contributed by atoms with Crippen LogP contribution in [0.5, 0.6) is 0 Å². The zero-order valence-corrected chi connectivity index (χ0v) is 11.9. The van der Waals surface area contributed by atoms with Crippen LogP contribution in [-0.4, -0.2) is 31.1 Å². The first-order valence-corrected chi connectivity index (χ1v) is 7.02. The van der Waals surface area contributed by atoms with Gasteiger partial charge in [0.05, 0.1) is 0 Å². The van der Waals surface area contributed by atoms with Gasteiger partial charge in [-0.1, -0.05) is 0 Å². The lowest BCUT2D eigenvalue weighted by atomic mass is 9.90. The molecule has 1 saturated carbocycles. The molecule has 0 aliphatic heterocycles. The molecule has 0 amide bonds. The van der Waals surface area contributed by atoms with Crippen molar-refractivity contribution in [2.24, 2.45) is 0 Å². The second kappa shape index (κ2) is 6.59. The number of halogens is 3. The zero-order chi connectivity index (χ0) is 14.7. The molecular weight excluding hydrogens is 265 g/mol. The Morgan fingerprint density at radius 1 is 1.05 bits per heavy atom. The highest BCUT2D eigenvalue weighted by Crippen LogP contribution is 2.24. The first kappa shape index (κ1) is 15.3. The molecule has 2 nitrogen and oxygen atoms in total. The van der Waals surface area contributed by atoms with Gasteiger partial charge in [-0.15, -0.1) is 0 Å². The lowest BCUT2D eigenvalue weighted by Gasteiger charge is -2.34. The molecule has 112 valence electrons. The molecule has 0 bridgehead atoms. The Bertz CT molecular complexity index is 457. The highest BCUT2D eigenvalue weighted by molar-refractivity contribution is 5.20. The fraction of sp³-hybridized carbons (Fsp3) is 0.600. The summed E-state index contributed by atoms with van der Waals surface area (Å²) in [7, 11) is 3.87. The van der Waals surface area contributed by atoms with Crippen LogP contribution in [0.4, 0.5) is 13.2 Å². The van der Waals surface area contributed by atoms with Gasteiger partial charge in [-0.25, -0.2) is 13.2 Å². The average Bonchev–Trinajstić information content (AvgIpc) is 2.44. The van der Waals surface area contributed by atoms with E-state index < -0.39 is 17.5 Å². The zero-order valence-electron chi connectivity index (χ0n) is 11.9. The molecule has 20 heavy (non-hydrogen) atoms. The van der Waals surface area contributed by atoms with Crippen molar-refractivity contribution >= 4 is 0 Å². The van der Waals surface area contributed by atoms with Crippen molar-refractivity contribution in [2.75, 3.05) is 14.1 Å². The van der Waals surface area contributed by atoms with Gasteiger partial charge >= 0.3 is 0 Å². The minimum atomic E-state index is -1.14. The van der Waals surface area contributed by atoms with Crippen LogP contribution in [0.3, 0.4) is 0 Å². The SMILES string of the molecule is CNC1CCC(N(C)Cc2cc(F)c(F)cc2F)CC1. The number of hydrogen-bond donors (Lipinski definition) is 1. The lowest BCUT2D eigenvalue weighted by Crippen LogP contribution is -2.39. The molecule has 1 aromatic carbocycles. The summed E-state index contributed by atoms with van der Waals surface area (Å²) in [6.07, 6.45) is 4.25. The lowest BCUT2D eigenvalue weighted by molar-refractivity contribution is 0.168. The Labute approximate surface area is 118 Å². The van der Waals surface area contributed by atoms with Gasteiger partial charge in [-0.05, 0) is 45.8 Å². The second-order valence-electron chi connectivity index (χ2n) is 5.57. The third-order valence-electron chi connectivity index (χ3n) is 4.24. The maximum atomic E-state index is 13.6. The molecule has 0 saturated heterocycles. The highest BCUT2D eigenvalue weighted by Gasteiger charge is 2.24. The van der Waals surface area contributed by atoms with Gasteiger partial charge < -0.3 is 5.32 Å². The highest BCUT2D eigenvalue weighted by atomic mass is 19.2. The maximum Gasteiger partial charge on any atom is 0.161 e. The van der Waals surface area contributed by atoms with Gasteiger partial charge in [-0.3, -0.25) is 4.90 Å². The van der Waals surface area contributed by atoms with E-state index in [1.807, 2.05) is 19.0 Å². The summed E-state index contributed by atoms with van der Waals surface area (Å²) in [6, 6.07) is 2.50. The number of nitrogens with zero attached hydrogens (tertiary/aromatic N) is 1. The molecule has 2 rings (SSSR count). The van der Waals surface area contributed by atoms with Crippen LogP contribution in [0, 0.1) is 17.5 Å². The van der Waals surface area contributed by atoms with E-state index in [1.165, 1.54) is 0 Å². The molecule has 0 aromatic heterocycles. The van der Waals surface area contributed by atoms with E-state index in [-0.39, 0.29) is 5.56 Å². The van der Waals surface area contributed by atoms with Crippen molar-refractivity contribution in [3.05, 3.63) is 35.1 Å². The van der Waals surface area contributed by atoms with Crippen LogP contribution in [-0.2, 0) is 6.54 Å². The van der Waals surface area contributed by atoms with Crippen LogP contribution >= 0.6 is 0 Å². The fourth-order valence-electron chi connectivity index (χ4n) is 2.89. The van der Waals surface area contributed by atoms with Gasteiger partial charge in [0.1, 0.15) is 5.82 Å². The summed E-state index contributed by atoms with van der Waals surface area (Å²) in [5, 5.41) is 3.27. The monoisotopic (exact) mass is 286 g/mol. The third kappa shape index (κ3) is 3.52. The normalized spacial score (nSPS) is 23.3. The van der Waals surface area contributed by atoms with Gasteiger partial charge in [0, 0.05) is 30.3 Å². The minimum absolute atomic E-state index is 0.210. The average molecular weight is 286 g/mol. The minimum Gasteiger partial charge on any atom is -0.317 e. The number of benzene rings is 1. The first-order chi connectivity index (χ1) is 9.51. The Kier molecular flexibility index (Phi) is 5.05. The van der Waals surface area contributed by atoms with E-state index in [0.717, 1.165) is 31.7 Å². The largest absolute Gasteiger partial charge is 0.317 e. The van der Waals surface area contributed by atoms with Gasteiger partial charge in [0.2, 0.25) is 0 Å². The topological polar surface area (TPSA) is 15.3 Å². The van der Waals surface area contributed by atoms with E-state index in [2.05, 4.69) is 5.32 Å². The molecule has 0 heterocycles. The molecule has 0 unspecified atom stereocenters. The molecule has 1 fully saturated rings. The maximum absolute atomic E-state index is 13.6. The van der Waals surface area contributed by atoms with Crippen molar-refractivity contribution in [1.29, 1.82) is 0 Å². The van der Waals surface area contributed by atoms with E-state index in [0.29, 0.717) is 24.7 Å². The van der Waals surface area contributed by atoms with Crippen molar-refractivity contribution in [3.63, 3.8) is 0 Å². The summed E-state index contributed by atoms with van der Waals surface area (Å²) >= 11 is 0. The first-order valence-electron chi connectivity index (χ1n) is 7.02. The molecular formula is C15H21F3N2. The van der Waals surface area contributed by atoms with Crippen LogP contribution in [0.25, 0.3) is 0 Å². The van der Waals surface area contributed by atoms with Crippen molar-refractivity contribution < 1.29 is 13.2 Å². The summed E-state index contributed by atoms with van der Waals surface area (Å²) < 4.78 is 39.7. The number of rotatable bonds is 4. The Balaban J connectivity index is 1.98. The number of nitrogens with one attached hydrogen (secondary N) is 1. The van der Waals surface area contributed by atoms with Gasteiger partial charge in [0.15, 0.2) is 11.6 Å². The standard InChI is InChI=1S/C15H21F3N2/c1-19-11-3-5-12(6-4-11)20(2)9-10-7-14(17)15(18)8-13(10)16/h7-8,11-12,19H,3-6,9H2,1-2H3. The Morgan fingerprint density at radius 2 is 1.65 bits per heavy atom.